The van der Waals surface area contributed by atoms with Crippen molar-refractivity contribution < 1.29 is 4.79 Å². The molecule has 0 saturated carbocycles. The van der Waals surface area contributed by atoms with Gasteiger partial charge in [0.2, 0.25) is 5.91 Å². The van der Waals surface area contributed by atoms with E-state index in [0.717, 1.165) is 18.4 Å². The van der Waals surface area contributed by atoms with Gasteiger partial charge < -0.3 is 10.3 Å². The molecule has 1 atom stereocenters. The predicted octanol–water partition coefficient (Wildman–Crippen LogP) is 2.63. The van der Waals surface area contributed by atoms with E-state index in [0.29, 0.717) is 0 Å². The van der Waals surface area contributed by atoms with Gasteiger partial charge in [0.05, 0.1) is 0 Å². The molecule has 0 aliphatic rings. The van der Waals surface area contributed by atoms with Crippen molar-refractivity contribution in [2.75, 3.05) is 0 Å². The Kier molecular flexibility index (Phi) is 3.47. The molecule has 90 valence electrons. The van der Waals surface area contributed by atoms with Crippen LogP contribution in [0.15, 0.2) is 30.5 Å². The number of benzene rings is 1. The maximum absolute atomic E-state index is 11.1. The fraction of sp³-hybridized carbons (Fsp3) is 0.357. The number of hydrogen-bond donors (Lipinski definition) is 2. The minimum atomic E-state index is 0.0386. The molecular formula is C14H18N2O. The average Bonchev–Trinajstić information content (AvgIpc) is 2.71. The van der Waals surface area contributed by atoms with Crippen molar-refractivity contribution in [3.05, 3.63) is 36.0 Å². The number of hydrogen-bond acceptors (Lipinski definition) is 1. The monoisotopic (exact) mass is 230 g/mol. The van der Waals surface area contributed by atoms with Crippen molar-refractivity contribution in [3.8, 4) is 0 Å². The van der Waals surface area contributed by atoms with E-state index in [-0.39, 0.29) is 11.9 Å². The molecule has 1 amide bonds. The summed E-state index contributed by atoms with van der Waals surface area (Å²) in [5.41, 5.74) is 2.42. The van der Waals surface area contributed by atoms with Gasteiger partial charge in [-0.3, -0.25) is 4.79 Å². The van der Waals surface area contributed by atoms with E-state index >= 15 is 0 Å². The number of H-pyrrole nitrogens is 1. The number of carbonyl (C=O) groups excluding carboxylic acids is 1. The third kappa shape index (κ3) is 2.67. The smallest absolute Gasteiger partial charge is 0.217 e. The van der Waals surface area contributed by atoms with Gasteiger partial charge in [0, 0.05) is 30.1 Å². The number of aromatic nitrogens is 1. The Bertz CT molecular complexity index is 516. The first-order valence-corrected chi connectivity index (χ1v) is 6.02. The van der Waals surface area contributed by atoms with Gasteiger partial charge in [-0.1, -0.05) is 25.1 Å². The lowest BCUT2D eigenvalue weighted by Gasteiger charge is -2.15. The summed E-state index contributed by atoms with van der Waals surface area (Å²) in [6.45, 7) is 3.66. The van der Waals surface area contributed by atoms with Crippen LogP contribution in [0.25, 0.3) is 10.9 Å². The minimum absolute atomic E-state index is 0.0386. The second-order valence-electron chi connectivity index (χ2n) is 4.37. The Morgan fingerprint density at radius 2 is 2.18 bits per heavy atom. The normalized spacial score (nSPS) is 12.6. The van der Waals surface area contributed by atoms with E-state index in [1.165, 1.54) is 10.9 Å². The molecule has 2 aromatic rings. The van der Waals surface area contributed by atoms with Gasteiger partial charge >= 0.3 is 0 Å². The van der Waals surface area contributed by atoms with Crippen molar-refractivity contribution in [2.45, 2.75) is 32.7 Å². The lowest BCUT2D eigenvalue weighted by atomic mass is 10.0. The number of aromatic amines is 1. The molecule has 3 heteroatoms. The molecule has 3 nitrogen and oxygen atoms in total. The van der Waals surface area contributed by atoms with E-state index in [1.807, 2.05) is 18.3 Å². The Morgan fingerprint density at radius 1 is 1.41 bits per heavy atom. The van der Waals surface area contributed by atoms with Gasteiger partial charge in [0.15, 0.2) is 0 Å². The van der Waals surface area contributed by atoms with Crippen molar-refractivity contribution in [1.29, 1.82) is 0 Å². The van der Waals surface area contributed by atoms with Crippen LogP contribution in [0.3, 0.4) is 0 Å². The van der Waals surface area contributed by atoms with Crippen LogP contribution in [0.5, 0.6) is 0 Å². The largest absolute Gasteiger partial charge is 0.361 e. The first-order chi connectivity index (χ1) is 8.20. The minimum Gasteiger partial charge on any atom is -0.361 e. The summed E-state index contributed by atoms with van der Waals surface area (Å²) in [7, 11) is 0. The molecule has 0 aliphatic heterocycles. The highest BCUT2D eigenvalue weighted by atomic mass is 16.1. The summed E-state index contributed by atoms with van der Waals surface area (Å²) in [5.74, 6) is 0.0386. The number of nitrogens with one attached hydrogen (secondary N) is 2. The van der Waals surface area contributed by atoms with Crippen LogP contribution in [0.2, 0.25) is 0 Å². The van der Waals surface area contributed by atoms with Crippen molar-refractivity contribution >= 4 is 16.8 Å². The zero-order valence-corrected chi connectivity index (χ0v) is 10.3. The van der Waals surface area contributed by atoms with Crippen molar-refractivity contribution in [1.82, 2.24) is 10.3 Å². The molecule has 0 spiro atoms. The maximum Gasteiger partial charge on any atom is 0.217 e. The summed E-state index contributed by atoms with van der Waals surface area (Å²) in [5, 5.41) is 4.23. The second kappa shape index (κ2) is 5.04. The van der Waals surface area contributed by atoms with Crippen LogP contribution in [-0.4, -0.2) is 16.9 Å². The molecule has 0 radical (unpaired) electrons. The quantitative estimate of drug-likeness (QED) is 0.833. The van der Waals surface area contributed by atoms with Gasteiger partial charge in [-0.05, 0) is 24.5 Å². The van der Waals surface area contributed by atoms with Crippen LogP contribution >= 0.6 is 0 Å². The van der Waals surface area contributed by atoms with E-state index in [9.17, 15) is 4.79 Å². The third-order valence-corrected chi connectivity index (χ3v) is 3.04. The Hall–Kier alpha value is -1.77. The fourth-order valence-corrected chi connectivity index (χ4v) is 2.15. The molecule has 1 aromatic heterocycles. The number of fused-ring (bicyclic) bond motifs is 1. The molecule has 0 unspecified atom stereocenters. The zero-order valence-electron chi connectivity index (χ0n) is 10.3. The zero-order chi connectivity index (χ0) is 12.3. The molecule has 0 fully saturated rings. The van der Waals surface area contributed by atoms with Crippen LogP contribution in [0, 0.1) is 0 Å². The van der Waals surface area contributed by atoms with Crippen LogP contribution in [0.4, 0.5) is 0 Å². The number of para-hydroxylation sites is 1. The lowest BCUT2D eigenvalue weighted by molar-refractivity contribution is -0.119. The molecular weight excluding hydrogens is 212 g/mol. The van der Waals surface area contributed by atoms with Crippen LogP contribution < -0.4 is 5.32 Å². The van der Waals surface area contributed by atoms with E-state index in [2.05, 4.69) is 29.4 Å². The number of amides is 1. The topological polar surface area (TPSA) is 44.9 Å². The second-order valence-corrected chi connectivity index (χ2v) is 4.37. The molecule has 0 aliphatic carbocycles. The predicted molar refractivity (Wildman–Crippen MR) is 69.9 cm³/mol. The Labute approximate surface area is 101 Å². The van der Waals surface area contributed by atoms with Gasteiger partial charge in [0.25, 0.3) is 0 Å². The highest BCUT2D eigenvalue weighted by molar-refractivity contribution is 5.83. The fourth-order valence-electron chi connectivity index (χ4n) is 2.15. The highest BCUT2D eigenvalue weighted by Crippen LogP contribution is 2.19. The van der Waals surface area contributed by atoms with Crippen molar-refractivity contribution in [3.63, 3.8) is 0 Å². The van der Waals surface area contributed by atoms with Gasteiger partial charge in [-0.15, -0.1) is 0 Å². The molecule has 2 N–H and O–H groups in total. The molecule has 17 heavy (non-hydrogen) atoms. The molecule has 0 saturated heterocycles. The van der Waals surface area contributed by atoms with Crippen LogP contribution in [-0.2, 0) is 11.2 Å². The van der Waals surface area contributed by atoms with E-state index in [4.69, 9.17) is 0 Å². The number of carbonyl (C=O) groups is 1. The summed E-state index contributed by atoms with van der Waals surface area (Å²) in [4.78, 5) is 14.3. The highest BCUT2D eigenvalue weighted by Gasteiger charge is 2.11. The first-order valence-electron chi connectivity index (χ1n) is 6.02. The summed E-state index contributed by atoms with van der Waals surface area (Å²) >= 11 is 0. The lowest BCUT2D eigenvalue weighted by Crippen LogP contribution is -2.34. The summed E-state index contributed by atoms with van der Waals surface area (Å²) in [6, 6.07) is 8.46. The van der Waals surface area contributed by atoms with E-state index in [1.54, 1.807) is 6.92 Å². The van der Waals surface area contributed by atoms with Gasteiger partial charge in [-0.2, -0.15) is 0 Å². The summed E-state index contributed by atoms with van der Waals surface area (Å²) < 4.78 is 0. The van der Waals surface area contributed by atoms with E-state index < -0.39 is 0 Å². The number of rotatable bonds is 4. The first kappa shape index (κ1) is 11.7. The van der Waals surface area contributed by atoms with Crippen LogP contribution in [0.1, 0.15) is 25.8 Å². The molecule has 0 bridgehead atoms. The maximum atomic E-state index is 11.1. The Morgan fingerprint density at radius 3 is 2.88 bits per heavy atom. The third-order valence-electron chi connectivity index (χ3n) is 3.04. The molecule has 1 heterocycles. The van der Waals surface area contributed by atoms with Gasteiger partial charge in [-0.25, -0.2) is 0 Å². The summed E-state index contributed by atoms with van der Waals surface area (Å²) in [6.07, 6.45) is 3.86. The van der Waals surface area contributed by atoms with Crippen molar-refractivity contribution in [2.24, 2.45) is 0 Å². The molecule has 1 aromatic carbocycles. The standard InChI is InChI=1S/C14H18N2O/c1-3-12(16-10(2)17)8-11-9-15-14-7-5-4-6-13(11)14/h4-7,9,12,15H,3,8H2,1-2H3,(H,16,17)/t12-/m1/s1. The molecule has 2 rings (SSSR count). The Balaban J connectivity index is 2.19. The average molecular weight is 230 g/mol. The van der Waals surface area contributed by atoms with Gasteiger partial charge in [0.1, 0.15) is 0 Å². The SMILES string of the molecule is CC[C@H](Cc1c[nH]c2ccccc12)NC(C)=O.